The van der Waals surface area contributed by atoms with Crippen molar-refractivity contribution in [3.8, 4) is 0 Å². The van der Waals surface area contributed by atoms with E-state index in [9.17, 15) is 14.4 Å². The minimum atomic E-state index is -0.302. The number of halogens is 2. The number of amides is 3. The van der Waals surface area contributed by atoms with Crippen LogP contribution in [0, 0.1) is 5.92 Å². The summed E-state index contributed by atoms with van der Waals surface area (Å²) in [6.45, 7) is 3.25. The molecule has 1 heterocycles. The van der Waals surface area contributed by atoms with Gasteiger partial charge in [0.2, 0.25) is 5.91 Å². The summed E-state index contributed by atoms with van der Waals surface area (Å²) in [4.78, 5) is 37.4. The molecule has 132 valence electrons. The van der Waals surface area contributed by atoms with Crippen molar-refractivity contribution in [2.24, 2.45) is 11.7 Å². The second kappa shape index (κ2) is 9.15. The number of nitrogens with zero attached hydrogens (tertiary/aromatic N) is 1. The Morgan fingerprint density at radius 2 is 1.96 bits per heavy atom. The lowest BCUT2D eigenvalue weighted by molar-refractivity contribution is -0.121. The van der Waals surface area contributed by atoms with Gasteiger partial charge in [0.25, 0.3) is 11.8 Å². The van der Waals surface area contributed by atoms with Crippen molar-refractivity contribution in [1.82, 2.24) is 10.2 Å². The summed E-state index contributed by atoms with van der Waals surface area (Å²) >= 11 is 3.29. The van der Waals surface area contributed by atoms with E-state index < -0.39 is 0 Å². The van der Waals surface area contributed by atoms with E-state index in [0.717, 1.165) is 4.47 Å². The molecule has 1 aliphatic heterocycles. The third kappa shape index (κ3) is 4.78. The maximum absolute atomic E-state index is 12.3. The van der Waals surface area contributed by atoms with Crippen molar-refractivity contribution >= 4 is 46.1 Å². The molecule has 0 saturated heterocycles. The molecule has 0 bridgehead atoms. The van der Waals surface area contributed by atoms with Gasteiger partial charge in [-0.25, -0.2) is 0 Å². The minimum Gasteiger partial charge on any atom is -0.356 e. The second-order valence-electron chi connectivity index (χ2n) is 5.70. The zero-order valence-corrected chi connectivity index (χ0v) is 15.8. The Morgan fingerprint density at radius 1 is 1.29 bits per heavy atom. The summed E-state index contributed by atoms with van der Waals surface area (Å²) in [5.41, 5.74) is 6.31. The van der Waals surface area contributed by atoms with Gasteiger partial charge in [-0.15, -0.1) is 12.4 Å². The zero-order valence-electron chi connectivity index (χ0n) is 13.4. The fourth-order valence-corrected chi connectivity index (χ4v) is 2.68. The molecule has 1 aliphatic rings. The minimum absolute atomic E-state index is 0. The van der Waals surface area contributed by atoms with Crippen molar-refractivity contribution < 1.29 is 14.4 Å². The summed E-state index contributed by atoms with van der Waals surface area (Å²) in [5, 5.41) is 2.79. The van der Waals surface area contributed by atoms with Gasteiger partial charge in [0.15, 0.2) is 0 Å². The van der Waals surface area contributed by atoms with Gasteiger partial charge < -0.3 is 11.1 Å². The molecule has 1 atom stereocenters. The van der Waals surface area contributed by atoms with Crippen LogP contribution in [0.25, 0.3) is 0 Å². The first-order valence-electron chi connectivity index (χ1n) is 7.56. The summed E-state index contributed by atoms with van der Waals surface area (Å²) in [5.74, 6) is -0.462. The third-order valence-electron chi connectivity index (χ3n) is 3.77. The largest absolute Gasteiger partial charge is 0.356 e. The molecule has 3 N–H and O–H groups in total. The summed E-state index contributed by atoms with van der Waals surface area (Å²) in [7, 11) is 0. The van der Waals surface area contributed by atoms with Gasteiger partial charge in [-0.3, -0.25) is 19.3 Å². The van der Waals surface area contributed by atoms with E-state index in [1.807, 2.05) is 6.92 Å². The highest BCUT2D eigenvalue weighted by molar-refractivity contribution is 9.10. The SMILES string of the molecule is CC(CN)CNC(=O)CCCN1C(=O)c2ccc(Br)cc2C1=O.Cl. The number of imide groups is 1. The summed E-state index contributed by atoms with van der Waals surface area (Å²) in [6, 6.07) is 5.02. The quantitative estimate of drug-likeness (QED) is 0.662. The van der Waals surface area contributed by atoms with Gasteiger partial charge in [-0.1, -0.05) is 22.9 Å². The Kier molecular flexibility index (Phi) is 7.86. The van der Waals surface area contributed by atoms with Crippen molar-refractivity contribution in [2.75, 3.05) is 19.6 Å². The number of hydrogen-bond donors (Lipinski definition) is 2. The smallest absolute Gasteiger partial charge is 0.261 e. The van der Waals surface area contributed by atoms with E-state index in [2.05, 4.69) is 21.2 Å². The normalized spacial score (nSPS) is 14.2. The van der Waals surface area contributed by atoms with Crippen LogP contribution < -0.4 is 11.1 Å². The van der Waals surface area contributed by atoms with Crippen LogP contribution in [0.15, 0.2) is 22.7 Å². The fourth-order valence-electron chi connectivity index (χ4n) is 2.32. The summed E-state index contributed by atoms with van der Waals surface area (Å²) in [6.07, 6.45) is 0.712. The van der Waals surface area contributed by atoms with Gasteiger partial charge in [-0.05, 0) is 37.1 Å². The van der Waals surface area contributed by atoms with E-state index in [0.29, 0.717) is 30.6 Å². The van der Waals surface area contributed by atoms with Crippen LogP contribution in [0.2, 0.25) is 0 Å². The van der Waals surface area contributed by atoms with Gasteiger partial charge >= 0.3 is 0 Å². The highest BCUT2D eigenvalue weighted by Gasteiger charge is 2.35. The average molecular weight is 419 g/mol. The Hall–Kier alpha value is -1.44. The Bertz CT molecular complexity index is 639. The topological polar surface area (TPSA) is 92.5 Å². The first-order valence-corrected chi connectivity index (χ1v) is 8.36. The summed E-state index contributed by atoms with van der Waals surface area (Å²) < 4.78 is 0.757. The number of nitrogens with one attached hydrogen (secondary N) is 1. The molecule has 6 nitrogen and oxygen atoms in total. The Balaban J connectivity index is 0.00000288. The molecule has 0 fully saturated rings. The number of hydrogen-bond acceptors (Lipinski definition) is 4. The maximum atomic E-state index is 12.3. The molecule has 1 unspecified atom stereocenters. The number of carbonyl (C=O) groups excluding carboxylic acids is 3. The highest BCUT2D eigenvalue weighted by Crippen LogP contribution is 2.26. The molecule has 0 aromatic heterocycles. The number of carbonyl (C=O) groups is 3. The molecule has 1 aromatic rings. The molecule has 0 radical (unpaired) electrons. The molecule has 24 heavy (non-hydrogen) atoms. The highest BCUT2D eigenvalue weighted by atomic mass is 79.9. The fraction of sp³-hybridized carbons (Fsp3) is 0.438. The van der Waals surface area contributed by atoms with Crippen LogP contribution in [-0.2, 0) is 4.79 Å². The van der Waals surface area contributed by atoms with Gasteiger partial charge in [-0.2, -0.15) is 0 Å². The Labute approximate surface area is 155 Å². The lowest BCUT2D eigenvalue weighted by Crippen LogP contribution is -2.33. The molecule has 2 rings (SSSR count). The molecule has 1 aromatic carbocycles. The molecular formula is C16H21BrClN3O3. The van der Waals surface area contributed by atoms with E-state index in [-0.39, 0.29) is 49.0 Å². The van der Waals surface area contributed by atoms with Crippen molar-refractivity contribution in [1.29, 1.82) is 0 Å². The van der Waals surface area contributed by atoms with Crippen LogP contribution >= 0.6 is 28.3 Å². The predicted octanol–water partition coefficient (Wildman–Crippen LogP) is 1.96. The first-order chi connectivity index (χ1) is 10.9. The van der Waals surface area contributed by atoms with Crippen LogP contribution in [0.4, 0.5) is 0 Å². The van der Waals surface area contributed by atoms with E-state index in [1.54, 1.807) is 18.2 Å². The average Bonchev–Trinajstić information content (AvgIpc) is 2.76. The van der Waals surface area contributed by atoms with Crippen LogP contribution in [0.3, 0.4) is 0 Å². The Morgan fingerprint density at radius 3 is 2.62 bits per heavy atom. The number of fused-ring (bicyclic) bond motifs is 1. The van der Waals surface area contributed by atoms with Crippen molar-refractivity contribution in [3.05, 3.63) is 33.8 Å². The third-order valence-corrected chi connectivity index (χ3v) is 4.26. The van der Waals surface area contributed by atoms with Crippen molar-refractivity contribution in [2.45, 2.75) is 19.8 Å². The first kappa shape index (κ1) is 20.6. The number of nitrogens with two attached hydrogens (primary N) is 1. The van der Waals surface area contributed by atoms with Gasteiger partial charge in [0.1, 0.15) is 0 Å². The lowest BCUT2D eigenvalue weighted by Gasteiger charge is -2.14. The number of benzene rings is 1. The lowest BCUT2D eigenvalue weighted by atomic mass is 10.1. The maximum Gasteiger partial charge on any atom is 0.261 e. The molecule has 8 heteroatoms. The van der Waals surface area contributed by atoms with Crippen LogP contribution in [0.5, 0.6) is 0 Å². The standard InChI is InChI=1S/C16H20BrN3O3.ClH/c1-10(8-18)9-19-14(21)3-2-6-20-15(22)12-5-4-11(17)7-13(12)16(20)23;/h4-5,7,10H,2-3,6,8-9,18H2,1H3,(H,19,21);1H. The van der Waals surface area contributed by atoms with E-state index >= 15 is 0 Å². The van der Waals surface area contributed by atoms with Gasteiger partial charge in [0.05, 0.1) is 11.1 Å². The second-order valence-corrected chi connectivity index (χ2v) is 6.62. The molecule has 0 aliphatic carbocycles. The van der Waals surface area contributed by atoms with Gasteiger partial charge in [0, 0.05) is 24.0 Å². The van der Waals surface area contributed by atoms with E-state index in [4.69, 9.17) is 5.73 Å². The van der Waals surface area contributed by atoms with E-state index in [1.165, 1.54) is 4.90 Å². The number of rotatable bonds is 7. The molecule has 3 amide bonds. The van der Waals surface area contributed by atoms with Crippen LogP contribution in [-0.4, -0.2) is 42.3 Å². The van der Waals surface area contributed by atoms with Crippen molar-refractivity contribution in [3.63, 3.8) is 0 Å². The molecule has 0 saturated carbocycles. The molecule has 0 spiro atoms. The predicted molar refractivity (Wildman–Crippen MR) is 97.2 cm³/mol. The zero-order chi connectivity index (χ0) is 17.0. The molecular weight excluding hydrogens is 398 g/mol. The monoisotopic (exact) mass is 417 g/mol. The van der Waals surface area contributed by atoms with Crippen LogP contribution in [0.1, 0.15) is 40.5 Å².